The molecule has 17 heavy (non-hydrogen) atoms. The fourth-order valence-electron chi connectivity index (χ4n) is 1.57. The Morgan fingerprint density at radius 2 is 1.76 bits per heavy atom. The van der Waals surface area contributed by atoms with Crippen molar-refractivity contribution in [2.75, 3.05) is 10.7 Å². The molecule has 0 aliphatic carbocycles. The highest BCUT2D eigenvalue weighted by Crippen LogP contribution is 2.17. The van der Waals surface area contributed by atoms with Crippen molar-refractivity contribution < 1.29 is 0 Å². The van der Waals surface area contributed by atoms with Gasteiger partial charge in [-0.1, -0.05) is 27.7 Å². The molecule has 96 valence electrons. The monoisotopic (exact) mass is 237 g/mol. The molecule has 5 heteroatoms. The van der Waals surface area contributed by atoms with E-state index >= 15 is 0 Å². The molecule has 0 saturated carbocycles. The standard InChI is InChI=1S/C12H23N5/c1-5-9(6-2)14-10-7-11(17-13)16-12(15-10)8(3)4/h7-9H,5-6,13H2,1-4H3,(H2,14,15,16,17). The smallest absolute Gasteiger partial charge is 0.145 e. The molecule has 0 aromatic carbocycles. The summed E-state index contributed by atoms with van der Waals surface area (Å²) in [5.74, 6) is 7.99. The van der Waals surface area contributed by atoms with Gasteiger partial charge in [0.25, 0.3) is 0 Å². The van der Waals surface area contributed by atoms with Crippen molar-refractivity contribution in [3.63, 3.8) is 0 Å². The molecule has 0 spiro atoms. The molecule has 0 bridgehead atoms. The minimum absolute atomic E-state index is 0.283. The molecular weight excluding hydrogens is 214 g/mol. The number of hydrazine groups is 1. The van der Waals surface area contributed by atoms with Crippen molar-refractivity contribution in [1.82, 2.24) is 9.97 Å². The molecule has 4 N–H and O–H groups in total. The zero-order valence-corrected chi connectivity index (χ0v) is 11.1. The third-order valence-corrected chi connectivity index (χ3v) is 2.75. The summed E-state index contributed by atoms with van der Waals surface area (Å²) in [6.45, 7) is 8.45. The Hall–Kier alpha value is -1.36. The van der Waals surface area contributed by atoms with Crippen LogP contribution >= 0.6 is 0 Å². The maximum atomic E-state index is 5.42. The van der Waals surface area contributed by atoms with E-state index in [-0.39, 0.29) is 5.92 Å². The third-order valence-electron chi connectivity index (χ3n) is 2.75. The molecule has 0 aliphatic heterocycles. The molecule has 0 radical (unpaired) electrons. The predicted octanol–water partition coefficient (Wildman–Crippen LogP) is 2.49. The van der Waals surface area contributed by atoms with Gasteiger partial charge in [0.2, 0.25) is 0 Å². The Labute approximate surface area is 103 Å². The van der Waals surface area contributed by atoms with E-state index in [1.807, 2.05) is 6.07 Å². The van der Waals surface area contributed by atoms with Crippen LogP contribution in [-0.4, -0.2) is 16.0 Å². The maximum Gasteiger partial charge on any atom is 0.145 e. The number of aromatic nitrogens is 2. The van der Waals surface area contributed by atoms with Crippen LogP contribution in [0.1, 0.15) is 52.3 Å². The average molecular weight is 237 g/mol. The van der Waals surface area contributed by atoms with Crippen molar-refractivity contribution in [3.8, 4) is 0 Å². The SMILES string of the molecule is CCC(CC)Nc1cc(NN)nc(C(C)C)n1. The van der Waals surface area contributed by atoms with E-state index < -0.39 is 0 Å². The Morgan fingerprint density at radius 1 is 1.18 bits per heavy atom. The molecule has 0 amide bonds. The molecule has 1 aromatic heterocycles. The predicted molar refractivity (Wildman–Crippen MR) is 71.9 cm³/mol. The first kappa shape index (κ1) is 13.7. The van der Waals surface area contributed by atoms with Gasteiger partial charge in [-0.25, -0.2) is 15.8 Å². The summed E-state index contributed by atoms with van der Waals surface area (Å²) >= 11 is 0. The largest absolute Gasteiger partial charge is 0.367 e. The van der Waals surface area contributed by atoms with Gasteiger partial charge >= 0.3 is 0 Å². The number of nitrogen functional groups attached to an aromatic ring is 1. The summed E-state index contributed by atoms with van der Waals surface area (Å²) in [7, 11) is 0. The fraction of sp³-hybridized carbons (Fsp3) is 0.667. The van der Waals surface area contributed by atoms with E-state index in [0.29, 0.717) is 11.9 Å². The van der Waals surface area contributed by atoms with Crippen LogP contribution in [0.4, 0.5) is 11.6 Å². The average Bonchev–Trinajstić information content (AvgIpc) is 2.35. The molecule has 0 atom stereocenters. The van der Waals surface area contributed by atoms with E-state index in [1.54, 1.807) is 0 Å². The Morgan fingerprint density at radius 3 is 2.24 bits per heavy atom. The lowest BCUT2D eigenvalue weighted by atomic mass is 10.1. The van der Waals surface area contributed by atoms with Gasteiger partial charge in [-0.15, -0.1) is 0 Å². The normalized spacial score (nSPS) is 11.0. The highest BCUT2D eigenvalue weighted by molar-refractivity contribution is 5.47. The second-order valence-corrected chi connectivity index (χ2v) is 4.45. The van der Waals surface area contributed by atoms with Gasteiger partial charge < -0.3 is 10.7 Å². The molecule has 5 nitrogen and oxygen atoms in total. The number of hydrogen-bond acceptors (Lipinski definition) is 5. The minimum atomic E-state index is 0.283. The molecule has 0 saturated heterocycles. The quantitative estimate of drug-likeness (QED) is 0.523. The molecule has 1 aromatic rings. The number of anilines is 2. The first-order valence-corrected chi connectivity index (χ1v) is 6.22. The maximum absolute atomic E-state index is 5.42. The number of nitrogens with one attached hydrogen (secondary N) is 2. The van der Waals surface area contributed by atoms with Crippen LogP contribution in [0.2, 0.25) is 0 Å². The van der Waals surface area contributed by atoms with Gasteiger partial charge in [0.15, 0.2) is 0 Å². The first-order chi connectivity index (χ1) is 8.10. The van der Waals surface area contributed by atoms with Crippen LogP contribution < -0.4 is 16.6 Å². The van der Waals surface area contributed by atoms with Gasteiger partial charge in [-0.2, -0.15) is 0 Å². The zero-order valence-electron chi connectivity index (χ0n) is 11.1. The first-order valence-electron chi connectivity index (χ1n) is 6.22. The van der Waals surface area contributed by atoms with Crippen LogP contribution in [0, 0.1) is 0 Å². The molecule has 1 rings (SSSR count). The number of nitrogens with two attached hydrogens (primary N) is 1. The number of hydrogen-bond donors (Lipinski definition) is 3. The summed E-state index contributed by atoms with van der Waals surface area (Å²) in [4.78, 5) is 8.82. The summed E-state index contributed by atoms with van der Waals surface area (Å²) in [6.07, 6.45) is 2.14. The highest BCUT2D eigenvalue weighted by Gasteiger charge is 2.10. The van der Waals surface area contributed by atoms with Gasteiger partial charge in [0.05, 0.1) is 0 Å². The zero-order chi connectivity index (χ0) is 12.8. The van der Waals surface area contributed by atoms with Crippen LogP contribution in [0.3, 0.4) is 0 Å². The lowest BCUT2D eigenvalue weighted by Crippen LogP contribution is -2.19. The second-order valence-electron chi connectivity index (χ2n) is 4.45. The van der Waals surface area contributed by atoms with Crippen molar-refractivity contribution in [3.05, 3.63) is 11.9 Å². The lowest BCUT2D eigenvalue weighted by Gasteiger charge is -2.17. The van der Waals surface area contributed by atoms with Crippen LogP contribution in [-0.2, 0) is 0 Å². The van der Waals surface area contributed by atoms with Crippen molar-refractivity contribution >= 4 is 11.6 Å². The van der Waals surface area contributed by atoms with E-state index in [1.165, 1.54) is 0 Å². The molecular formula is C12H23N5. The molecule has 0 aliphatic rings. The Kier molecular flexibility index (Phi) is 5.15. The molecule has 0 fully saturated rings. The van der Waals surface area contributed by atoms with Gasteiger partial charge in [-0.05, 0) is 12.8 Å². The van der Waals surface area contributed by atoms with Crippen molar-refractivity contribution in [2.24, 2.45) is 5.84 Å². The van der Waals surface area contributed by atoms with Crippen LogP contribution in [0.5, 0.6) is 0 Å². The summed E-state index contributed by atoms with van der Waals surface area (Å²) in [6, 6.07) is 2.28. The van der Waals surface area contributed by atoms with Gasteiger partial charge in [-0.3, -0.25) is 0 Å². The van der Waals surface area contributed by atoms with Crippen molar-refractivity contribution in [2.45, 2.75) is 52.5 Å². The minimum Gasteiger partial charge on any atom is -0.367 e. The van der Waals surface area contributed by atoms with Gasteiger partial charge in [0, 0.05) is 18.0 Å². The molecule has 1 heterocycles. The summed E-state index contributed by atoms with van der Waals surface area (Å²) in [5.41, 5.74) is 2.58. The van der Waals surface area contributed by atoms with Crippen molar-refractivity contribution in [1.29, 1.82) is 0 Å². The Bertz CT molecular complexity index is 347. The van der Waals surface area contributed by atoms with Gasteiger partial charge in [0.1, 0.15) is 17.5 Å². The summed E-state index contributed by atoms with van der Waals surface area (Å²) in [5, 5.41) is 3.40. The van der Waals surface area contributed by atoms with E-state index in [2.05, 4.69) is 48.4 Å². The second kappa shape index (κ2) is 6.39. The summed E-state index contributed by atoms with van der Waals surface area (Å²) < 4.78 is 0. The van der Waals surface area contributed by atoms with Crippen LogP contribution in [0.25, 0.3) is 0 Å². The highest BCUT2D eigenvalue weighted by atomic mass is 15.3. The number of rotatable bonds is 6. The third kappa shape index (κ3) is 3.85. The number of nitrogens with zero attached hydrogens (tertiary/aromatic N) is 2. The topological polar surface area (TPSA) is 75.9 Å². The fourth-order valence-corrected chi connectivity index (χ4v) is 1.57. The van der Waals surface area contributed by atoms with Crippen LogP contribution in [0.15, 0.2) is 6.07 Å². The molecule has 0 unspecified atom stereocenters. The lowest BCUT2D eigenvalue weighted by molar-refractivity contribution is 0.665. The Balaban J connectivity index is 2.94. The van der Waals surface area contributed by atoms with E-state index in [4.69, 9.17) is 5.84 Å². The van der Waals surface area contributed by atoms with E-state index in [9.17, 15) is 0 Å². The van der Waals surface area contributed by atoms with E-state index in [0.717, 1.165) is 24.5 Å².